The zero-order valence-electron chi connectivity index (χ0n) is 8.09. The summed E-state index contributed by atoms with van der Waals surface area (Å²) in [5.74, 6) is 2.53. The predicted octanol–water partition coefficient (Wildman–Crippen LogP) is 3.52. The topological polar surface area (TPSA) is 17.1 Å². The molecule has 1 rings (SSSR count). The van der Waals surface area contributed by atoms with Crippen LogP contribution in [0.25, 0.3) is 0 Å². The van der Waals surface area contributed by atoms with Gasteiger partial charge in [-0.3, -0.25) is 4.79 Å². The van der Waals surface area contributed by atoms with Crippen LogP contribution in [-0.4, -0.2) is 5.78 Å². The van der Waals surface area contributed by atoms with E-state index in [2.05, 4.69) is 5.92 Å². The molecule has 0 amide bonds. The number of terminal acetylenes is 1. The number of carbonyl (C=O) groups excluding carboxylic acids is 1. The Balaban J connectivity index is 2.65. The number of halogens is 2. The van der Waals surface area contributed by atoms with Crippen LogP contribution in [0, 0.1) is 12.3 Å². The van der Waals surface area contributed by atoms with Crippen molar-refractivity contribution in [2.75, 3.05) is 0 Å². The van der Waals surface area contributed by atoms with Gasteiger partial charge < -0.3 is 0 Å². The number of benzene rings is 1. The summed E-state index contributed by atoms with van der Waals surface area (Å²) in [7, 11) is 0. The minimum Gasteiger partial charge on any atom is -0.299 e. The maximum atomic E-state index is 11.4. The monoisotopic (exact) mass is 240 g/mol. The Morgan fingerprint density at radius 2 is 2.13 bits per heavy atom. The van der Waals surface area contributed by atoms with E-state index in [-0.39, 0.29) is 5.78 Å². The van der Waals surface area contributed by atoms with Crippen molar-refractivity contribution < 1.29 is 4.79 Å². The Morgan fingerprint density at radius 3 is 2.73 bits per heavy atom. The highest BCUT2D eigenvalue weighted by Crippen LogP contribution is 2.21. The van der Waals surface area contributed by atoms with Crippen LogP contribution >= 0.6 is 23.2 Å². The van der Waals surface area contributed by atoms with E-state index < -0.39 is 0 Å². The minimum atomic E-state index is 0.0946. The molecule has 0 N–H and O–H groups in total. The van der Waals surface area contributed by atoms with E-state index >= 15 is 0 Å². The number of hydrogen-bond donors (Lipinski definition) is 0. The Hall–Kier alpha value is -0.970. The van der Waals surface area contributed by atoms with E-state index in [1.807, 2.05) is 0 Å². The summed E-state index contributed by atoms with van der Waals surface area (Å²) in [5, 5.41) is 1.09. The smallest absolute Gasteiger partial charge is 0.138 e. The highest BCUT2D eigenvalue weighted by Gasteiger charge is 2.06. The third kappa shape index (κ3) is 3.95. The van der Waals surface area contributed by atoms with Crippen molar-refractivity contribution in [2.45, 2.75) is 19.3 Å². The molecule has 0 saturated carbocycles. The van der Waals surface area contributed by atoms with Crippen molar-refractivity contribution in [3.63, 3.8) is 0 Å². The molecule has 0 saturated heterocycles. The molecule has 0 bridgehead atoms. The van der Waals surface area contributed by atoms with E-state index in [1.165, 1.54) is 0 Å². The SMILES string of the molecule is C#CCCC(=O)Cc1ccc(Cl)cc1Cl. The molecule has 15 heavy (non-hydrogen) atoms. The fourth-order valence-corrected chi connectivity index (χ4v) is 1.65. The van der Waals surface area contributed by atoms with Gasteiger partial charge >= 0.3 is 0 Å². The van der Waals surface area contributed by atoms with E-state index in [9.17, 15) is 4.79 Å². The molecule has 1 aromatic rings. The third-order valence-corrected chi connectivity index (χ3v) is 2.54. The maximum Gasteiger partial charge on any atom is 0.138 e. The third-order valence-electron chi connectivity index (χ3n) is 1.95. The molecule has 0 atom stereocenters. The van der Waals surface area contributed by atoms with E-state index in [4.69, 9.17) is 29.6 Å². The van der Waals surface area contributed by atoms with Gasteiger partial charge in [-0.25, -0.2) is 0 Å². The largest absolute Gasteiger partial charge is 0.299 e. The van der Waals surface area contributed by atoms with Crippen molar-refractivity contribution in [1.29, 1.82) is 0 Å². The van der Waals surface area contributed by atoms with Crippen molar-refractivity contribution in [2.24, 2.45) is 0 Å². The summed E-state index contributed by atoms with van der Waals surface area (Å²) >= 11 is 11.7. The molecule has 0 aliphatic heterocycles. The summed E-state index contributed by atoms with van der Waals surface area (Å²) in [6, 6.07) is 5.11. The normalized spacial score (nSPS) is 9.67. The fraction of sp³-hybridized carbons (Fsp3) is 0.250. The molecule has 0 spiro atoms. The summed E-state index contributed by atoms with van der Waals surface area (Å²) in [6.07, 6.45) is 6.27. The number of rotatable bonds is 4. The number of Topliss-reactive ketones (excluding diaryl/α,β-unsaturated/α-hetero) is 1. The Morgan fingerprint density at radius 1 is 1.40 bits per heavy atom. The lowest BCUT2D eigenvalue weighted by atomic mass is 10.1. The lowest BCUT2D eigenvalue weighted by Crippen LogP contribution is -2.02. The molecule has 0 unspecified atom stereocenters. The van der Waals surface area contributed by atoms with Crippen molar-refractivity contribution in [3.8, 4) is 12.3 Å². The van der Waals surface area contributed by atoms with E-state index in [0.29, 0.717) is 29.3 Å². The van der Waals surface area contributed by atoms with Gasteiger partial charge in [0.05, 0.1) is 0 Å². The van der Waals surface area contributed by atoms with Crippen LogP contribution in [0.5, 0.6) is 0 Å². The van der Waals surface area contributed by atoms with Crippen LogP contribution in [0.3, 0.4) is 0 Å². The highest BCUT2D eigenvalue weighted by molar-refractivity contribution is 6.35. The number of hydrogen-bond acceptors (Lipinski definition) is 1. The van der Waals surface area contributed by atoms with Crippen LogP contribution in [0.4, 0.5) is 0 Å². The minimum absolute atomic E-state index is 0.0946. The van der Waals surface area contributed by atoms with Crippen LogP contribution in [0.1, 0.15) is 18.4 Å². The summed E-state index contributed by atoms with van der Waals surface area (Å²) in [4.78, 5) is 11.4. The predicted molar refractivity (Wildman–Crippen MR) is 63.2 cm³/mol. The van der Waals surface area contributed by atoms with Crippen LogP contribution in [0.2, 0.25) is 10.0 Å². The maximum absolute atomic E-state index is 11.4. The molecule has 0 aromatic heterocycles. The summed E-state index contributed by atoms with van der Waals surface area (Å²) in [6.45, 7) is 0. The van der Waals surface area contributed by atoms with Gasteiger partial charge in [0.25, 0.3) is 0 Å². The van der Waals surface area contributed by atoms with Gasteiger partial charge in [0.1, 0.15) is 5.78 Å². The van der Waals surface area contributed by atoms with Crippen molar-refractivity contribution >= 4 is 29.0 Å². The first-order chi connectivity index (χ1) is 7.13. The molecule has 1 aromatic carbocycles. The standard InChI is InChI=1S/C12H10Cl2O/c1-2-3-4-11(15)7-9-5-6-10(13)8-12(9)14/h1,5-6,8H,3-4,7H2. The van der Waals surface area contributed by atoms with Gasteiger partial charge in [-0.05, 0) is 17.7 Å². The number of ketones is 1. The lowest BCUT2D eigenvalue weighted by Gasteiger charge is -2.03. The van der Waals surface area contributed by atoms with Gasteiger partial charge in [0.2, 0.25) is 0 Å². The fourth-order valence-electron chi connectivity index (χ4n) is 1.18. The Labute approximate surface area is 99.4 Å². The zero-order valence-corrected chi connectivity index (χ0v) is 9.61. The van der Waals surface area contributed by atoms with Crippen LogP contribution in [-0.2, 0) is 11.2 Å². The van der Waals surface area contributed by atoms with Crippen LogP contribution < -0.4 is 0 Å². The first kappa shape index (κ1) is 12.1. The van der Waals surface area contributed by atoms with Crippen molar-refractivity contribution in [1.82, 2.24) is 0 Å². The molecule has 0 fully saturated rings. The van der Waals surface area contributed by atoms with Gasteiger partial charge in [-0.1, -0.05) is 29.3 Å². The van der Waals surface area contributed by atoms with Gasteiger partial charge in [0.15, 0.2) is 0 Å². The molecule has 78 valence electrons. The van der Waals surface area contributed by atoms with E-state index in [1.54, 1.807) is 18.2 Å². The molecular weight excluding hydrogens is 231 g/mol. The summed E-state index contributed by atoms with van der Waals surface area (Å²) in [5.41, 5.74) is 0.795. The average molecular weight is 241 g/mol. The molecule has 0 radical (unpaired) electrons. The average Bonchev–Trinajstić information content (AvgIpc) is 2.19. The second kappa shape index (κ2) is 5.80. The molecule has 0 heterocycles. The van der Waals surface area contributed by atoms with Gasteiger partial charge in [-0.15, -0.1) is 12.3 Å². The first-order valence-corrected chi connectivity index (χ1v) is 5.28. The highest BCUT2D eigenvalue weighted by atomic mass is 35.5. The van der Waals surface area contributed by atoms with Gasteiger partial charge in [-0.2, -0.15) is 0 Å². The summed E-state index contributed by atoms with van der Waals surface area (Å²) < 4.78 is 0. The van der Waals surface area contributed by atoms with E-state index in [0.717, 1.165) is 5.56 Å². The molecule has 0 aliphatic carbocycles. The first-order valence-electron chi connectivity index (χ1n) is 4.52. The number of carbonyl (C=O) groups is 1. The second-order valence-electron chi connectivity index (χ2n) is 3.16. The molecule has 3 heteroatoms. The second-order valence-corrected chi connectivity index (χ2v) is 4.00. The Bertz CT molecular complexity index is 405. The Kier molecular flexibility index (Phi) is 4.68. The quantitative estimate of drug-likeness (QED) is 0.737. The lowest BCUT2D eigenvalue weighted by molar-refractivity contribution is -0.118. The molecule has 1 nitrogen and oxygen atoms in total. The molecular formula is C12H10Cl2O. The zero-order chi connectivity index (χ0) is 11.3. The van der Waals surface area contributed by atoms with Crippen molar-refractivity contribution in [3.05, 3.63) is 33.8 Å². The van der Waals surface area contributed by atoms with Crippen LogP contribution in [0.15, 0.2) is 18.2 Å². The molecule has 0 aliphatic rings. The van der Waals surface area contributed by atoms with Gasteiger partial charge in [0, 0.05) is 29.3 Å².